The molecule has 0 bridgehead atoms. The molecule has 19 heavy (non-hydrogen) atoms. The molecule has 0 aliphatic heterocycles. The van der Waals surface area contributed by atoms with Crippen LogP contribution >= 0.6 is 15.9 Å². The van der Waals surface area contributed by atoms with Crippen molar-refractivity contribution in [2.75, 3.05) is 7.11 Å². The highest BCUT2D eigenvalue weighted by Gasteiger charge is 2.30. The van der Waals surface area contributed by atoms with E-state index in [1.165, 1.54) is 0 Å². The normalized spacial score (nSPS) is 15.1. The van der Waals surface area contributed by atoms with Crippen LogP contribution in [0.3, 0.4) is 0 Å². The maximum atomic E-state index is 12.2. The molecular weight excluding hydrogens is 326 g/mol. The van der Waals surface area contributed by atoms with Gasteiger partial charge in [0, 0.05) is 21.4 Å². The summed E-state index contributed by atoms with van der Waals surface area (Å²) in [6.45, 7) is 7.95. The average Bonchev–Trinajstić information content (AvgIpc) is 2.34. The zero-order chi connectivity index (χ0) is 14.6. The van der Waals surface area contributed by atoms with E-state index in [0.717, 1.165) is 22.2 Å². The molecule has 1 aromatic carbocycles. The minimum absolute atomic E-state index is 0.00695. The number of nitrogens with one attached hydrogen (secondary N) is 1. The van der Waals surface area contributed by atoms with Gasteiger partial charge in [-0.05, 0) is 45.4 Å². The van der Waals surface area contributed by atoms with Crippen LogP contribution in [0, 0.1) is 0 Å². The number of rotatable bonds is 5. The largest absolute Gasteiger partial charge is 0.598 e. The first-order chi connectivity index (χ1) is 8.79. The van der Waals surface area contributed by atoms with Crippen molar-refractivity contribution in [3.8, 4) is 5.75 Å². The molecule has 108 valence electrons. The van der Waals surface area contributed by atoms with Gasteiger partial charge in [0.15, 0.2) is 0 Å². The Bertz CT molecular complexity index is 420. The second kappa shape index (κ2) is 6.97. The number of hydrogen-bond acceptors (Lipinski definition) is 3. The Labute approximate surface area is 127 Å². The van der Waals surface area contributed by atoms with Crippen LogP contribution < -0.4 is 9.46 Å². The molecule has 1 N–H and O–H groups in total. The first-order valence-electron chi connectivity index (χ1n) is 6.31. The molecule has 0 amide bonds. The molecule has 1 rings (SSSR count). The summed E-state index contributed by atoms with van der Waals surface area (Å²) in [5, 5.41) is 0. The summed E-state index contributed by atoms with van der Waals surface area (Å²) < 4.78 is 21.5. The van der Waals surface area contributed by atoms with Crippen molar-refractivity contribution in [3.05, 3.63) is 28.2 Å². The zero-order valence-corrected chi connectivity index (χ0v) is 14.5. The van der Waals surface area contributed by atoms with E-state index >= 15 is 0 Å². The number of benzene rings is 1. The number of methoxy groups -OCH3 is 1. The number of hydrogen-bond donors (Lipinski definition) is 1. The van der Waals surface area contributed by atoms with Crippen molar-refractivity contribution in [2.45, 2.75) is 44.9 Å². The van der Waals surface area contributed by atoms with Crippen LogP contribution in [0.5, 0.6) is 5.75 Å². The van der Waals surface area contributed by atoms with Gasteiger partial charge in [-0.1, -0.05) is 22.9 Å². The van der Waals surface area contributed by atoms with Gasteiger partial charge in [0.05, 0.1) is 13.2 Å². The standard InChI is InChI=1S/C14H22BrNO2S/c1-6-12(16-19(17)14(2,3)4)11-9-10(15)7-8-13(11)18-5/h7-9,12,16H,6H2,1-5H3/t12-,19-/m0/s1. The summed E-state index contributed by atoms with van der Waals surface area (Å²) in [4.78, 5) is 0. The van der Waals surface area contributed by atoms with Crippen LogP contribution in [0.25, 0.3) is 0 Å². The van der Waals surface area contributed by atoms with Gasteiger partial charge >= 0.3 is 0 Å². The van der Waals surface area contributed by atoms with E-state index in [-0.39, 0.29) is 10.8 Å². The van der Waals surface area contributed by atoms with Gasteiger partial charge in [-0.3, -0.25) is 0 Å². The van der Waals surface area contributed by atoms with Crippen LogP contribution in [-0.4, -0.2) is 16.4 Å². The van der Waals surface area contributed by atoms with Crippen LogP contribution in [0.15, 0.2) is 22.7 Å². The van der Waals surface area contributed by atoms with Crippen LogP contribution in [-0.2, 0) is 11.4 Å². The molecule has 0 fully saturated rings. The van der Waals surface area contributed by atoms with E-state index in [9.17, 15) is 4.55 Å². The minimum Gasteiger partial charge on any atom is -0.598 e. The lowest BCUT2D eigenvalue weighted by Crippen LogP contribution is -2.41. The van der Waals surface area contributed by atoms with E-state index in [2.05, 4.69) is 27.6 Å². The van der Waals surface area contributed by atoms with Crippen molar-refractivity contribution < 1.29 is 9.29 Å². The maximum Gasteiger partial charge on any atom is 0.136 e. The van der Waals surface area contributed by atoms with Crippen LogP contribution in [0.4, 0.5) is 0 Å². The fourth-order valence-corrected chi connectivity index (χ4v) is 2.93. The third-order valence-electron chi connectivity index (χ3n) is 2.78. The van der Waals surface area contributed by atoms with Crippen molar-refractivity contribution >= 4 is 27.3 Å². The fourth-order valence-electron chi connectivity index (χ4n) is 1.65. The molecule has 1 aromatic rings. The van der Waals surface area contributed by atoms with Crippen LogP contribution in [0.1, 0.15) is 45.7 Å². The molecule has 0 radical (unpaired) electrons. The second-order valence-corrected chi connectivity index (χ2v) is 8.26. The lowest BCUT2D eigenvalue weighted by molar-refractivity contribution is 0.402. The highest BCUT2D eigenvalue weighted by Crippen LogP contribution is 2.31. The van der Waals surface area contributed by atoms with Gasteiger partial charge < -0.3 is 9.29 Å². The van der Waals surface area contributed by atoms with Gasteiger partial charge in [0.2, 0.25) is 0 Å². The van der Waals surface area contributed by atoms with Crippen LogP contribution in [0.2, 0.25) is 0 Å². The first kappa shape index (κ1) is 16.8. The summed E-state index contributed by atoms with van der Waals surface area (Å²) in [5.74, 6) is 0.813. The topological polar surface area (TPSA) is 44.3 Å². The molecule has 5 heteroatoms. The second-order valence-electron chi connectivity index (χ2n) is 5.35. The lowest BCUT2D eigenvalue weighted by atomic mass is 10.0. The number of halogens is 1. The summed E-state index contributed by atoms with van der Waals surface area (Å²) in [6, 6.07) is 5.88. The van der Waals surface area contributed by atoms with Crippen molar-refractivity contribution in [3.63, 3.8) is 0 Å². The molecule has 0 unspecified atom stereocenters. The van der Waals surface area contributed by atoms with Gasteiger partial charge in [-0.15, -0.1) is 4.72 Å². The van der Waals surface area contributed by atoms with Gasteiger partial charge in [-0.25, -0.2) is 0 Å². The third-order valence-corrected chi connectivity index (χ3v) is 4.89. The highest BCUT2D eigenvalue weighted by molar-refractivity contribution is 9.10. The van der Waals surface area contributed by atoms with E-state index in [1.807, 2.05) is 39.0 Å². The van der Waals surface area contributed by atoms with E-state index < -0.39 is 11.4 Å². The number of ether oxygens (including phenoxy) is 1. The maximum absolute atomic E-state index is 12.2. The Balaban J connectivity index is 3.00. The van der Waals surface area contributed by atoms with E-state index in [4.69, 9.17) is 4.74 Å². The predicted octanol–water partition coefficient (Wildman–Crippen LogP) is 3.96. The molecule has 0 spiro atoms. The average molecular weight is 348 g/mol. The summed E-state index contributed by atoms with van der Waals surface area (Å²) in [6.07, 6.45) is 0.842. The first-order valence-corrected chi connectivity index (χ1v) is 8.25. The SMILES string of the molecule is CC[C@H](N[S@@+]([O-])C(C)(C)C)c1cc(Br)ccc1OC. The monoisotopic (exact) mass is 347 g/mol. The smallest absolute Gasteiger partial charge is 0.136 e. The van der Waals surface area contributed by atoms with Crippen molar-refractivity contribution in [1.29, 1.82) is 0 Å². The van der Waals surface area contributed by atoms with E-state index in [0.29, 0.717) is 0 Å². The molecular formula is C14H22BrNO2S. The zero-order valence-electron chi connectivity index (χ0n) is 12.1. The Morgan fingerprint density at radius 1 is 1.42 bits per heavy atom. The van der Waals surface area contributed by atoms with Gasteiger partial charge in [0.25, 0.3) is 0 Å². The Hall–Kier alpha value is -0.230. The summed E-state index contributed by atoms with van der Waals surface area (Å²) in [5.41, 5.74) is 1.02. The fraction of sp³-hybridized carbons (Fsp3) is 0.571. The summed E-state index contributed by atoms with van der Waals surface area (Å²) in [7, 11) is 1.65. The predicted molar refractivity (Wildman–Crippen MR) is 84.8 cm³/mol. The Morgan fingerprint density at radius 2 is 2.05 bits per heavy atom. The minimum atomic E-state index is -1.11. The Kier molecular flexibility index (Phi) is 6.17. The van der Waals surface area contributed by atoms with E-state index in [1.54, 1.807) is 7.11 Å². The summed E-state index contributed by atoms with van der Waals surface area (Å²) >= 11 is 2.36. The molecule has 0 saturated carbocycles. The van der Waals surface area contributed by atoms with Gasteiger partial charge in [-0.2, -0.15) is 0 Å². The quantitative estimate of drug-likeness (QED) is 0.819. The third kappa shape index (κ3) is 4.67. The molecule has 2 atom stereocenters. The molecule has 0 aliphatic carbocycles. The van der Waals surface area contributed by atoms with Crippen molar-refractivity contribution in [2.24, 2.45) is 0 Å². The molecule has 3 nitrogen and oxygen atoms in total. The molecule has 0 aromatic heterocycles. The van der Waals surface area contributed by atoms with Crippen molar-refractivity contribution in [1.82, 2.24) is 4.72 Å². The molecule has 0 saturated heterocycles. The highest BCUT2D eigenvalue weighted by atomic mass is 79.9. The van der Waals surface area contributed by atoms with Gasteiger partial charge in [0.1, 0.15) is 10.5 Å². The molecule has 0 heterocycles. The Morgan fingerprint density at radius 3 is 2.53 bits per heavy atom. The molecule has 0 aliphatic rings. The lowest BCUT2D eigenvalue weighted by Gasteiger charge is -2.28.